The Morgan fingerprint density at radius 3 is 2.93 bits per heavy atom. The van der Waals surface area contributed by atoms with E-state index in [2.05, 4.69) is 15.6 Å². The number of halogens is 1. The molecule has 0 saturated carbocycles. The van der Waals surface area contributed by atoms with Crippen molar-refractivity contribution in [3.05, 3.63) is 35.1 Å². The summed E-state index contributed by atoms with van der Waals surface area (Å²) in [6.45, 7) is 5.14. The number of benzene rings is 1. The molecular weight excluding hydrogens is 345 g/mol. The fraction of sp³-hybridized carbons (Fsp3) is 0.550. The van der Waals surface area contributed by atoms with Gasteiger partial charge < -0.3 is 15.5 Å². The van der Waals surface area contributed by atoms with Gasteiger partial charge in [0.2, 0.25) is 5.91 Å². The fourth-order valence-electron chi connectivity index (χ4n) is 3.00. The summed E-state index contributed by atoms with van der Waals surface area (Å²) in [7, 11) is 0. The quantitative estimate of drug-likeness (QED) is 0.437. The van der Waals surface area contributed by atoms with Crippen LogP contribution in [0, 0.1) is 17.1 Å². The topological polar surface area (TPSA) is 80.5 Å². The summed E-state index contributed by atoms with van der Waals surface area (Å²) >= 11 is 0. The van der Waals surface area contributed by atoms with Crippen LogP contribution < -0.4 is 10.6 Å². The van der Waals surface area contributed by atoms with Crippen LogP contribution in [0.3, 0.4) is 0 Å². The van der Waals surface area contributed by atoms with Crippen LogP contribution in [0.5, 0.6) is 0 Å². The lowest BCUT2D eigenvalue weighted by Crippen LogP contribution is -2.39. The number of aliphatic imine (C=N–C) groups is 1. The molecule has 6 nitrogen and oxygen atoms in total. The zero-order valence-corrected chi connectivity index (χ0v) is 15.9. The number of hydrogen-bond donors (Lipinski definition) is 2. The van der Waals surface area contributed by atoms with Gasteiger partial charge in [-0.3, -0.25) is 4.79 Å². The van der Waals surface area contributed by atoms with Gasteiger partial charge in [0.1, 0.15) is 5.82 Å². The Hall–Kier alpha value is -2.62. The molecule has 1 amide bonds. The van der Waals surface area contributed by atoms with Crippen molar-refractivity contribution in [1.29, 1.82) is 5.26 Å². The van der Waals surface area contributed by atoms with Crippen molar-refractivity contribution in [2.75, 3.05) is 26.2 Å². The lowest BCUT2D eigenvalue weighted by atomic mass is 10.1. The van der Waals surface area contributed by atoms with E-state index < -0.39 is 5.82 Å². The summed E-state index contributed by atoms with van der Waals surface area (Å²) in [6.07, 6.45) is 4.70. The lowest BCUT2D eigenvalue weighted by molar-refractivity contribution is -0.130. The van der Waals surface area contributed by atoms with E-state index in [9.17, 15) is 9.18 Å². The van der Waals surface area contributed by atoms with Gasteiger partial charge in [0.25, 0.3) is 0 Å². The van der Waals surface area contributed by atoms with Crippen molar-refractivity contribution in [1.82, 2.24) is 15.5 Å². The number of hydrogen-bond acceptors (Lipinski definition) is 3. The van der Waals surface area contributed by atoms with E-state index in [4.69, 9.17) is 5.26 Å². The summed E-state index contributed by atoms with van der Waals surface area (Å²) < 4.78 is 14.0. The van der Waals surface area contributed by atoms with Gasteiger partial charge in [-0.2, -0.15) is 5.26 Å². The summed E-state index contributed by atoms with van der Waals surface area (Å²) in [5, 5.41) is 15.2. The smallest absolute Gasteiger partial charge is 0.222 e. The second-order valence-electron chi connectivity index (χ2n) is 6.58. The maximum atomic E-state index is 14.0. The molecule has 1 heterocycles. The molecule has 1 aliphatic rings. The first kappa shape index (κ1) is 20.7. The molecule has 7 heteroatoms. The molecule has 2 rings (SSSR count). The van der Waals surface area contributed by atoms with Gasteiger partial charge in [0, 0.05) is 38.2 Å². The number of nitrogens with one attached hydrogen (secondary N) is 2. The highest BCUT2D eigenvalue weighted by atomic mass is 19.1. The second kappa shape index (κ2) is 11.2. The van der Waals surface area contributed by atoms with E-state index in [-0.39, 0.29) is 12.5 Å². The fourth-order valence-corrected chi connectivity index (χ4v) is 3.00. The molecule has 146 valence electrons. The average molecular weight is 373 g/mol. The molecule has 1 aromatic carbocycles. The van der Waals surface area contributed by atoms with Crippen LogP contribution in [0.2, 0.25) is 0 Å². The van der Waals surface area contributed by atoms with Crippen LogP contribution in [0.15, 0.2) is 23.2 Å². The van der Waals surface area contributed by atoms with Gasteiger partial charge in [0.05, 0.1) is 18.2 Å². The van der Waals surface area contributed by atoms with Crippen molar-refractivity contribution < 1.29 is 9.18 Å². The highest BCUT2D eigenvalue weighted by molar-refractivity contribution is 5.79. The lowest BCUT2D eigenvalue weighted by Gasteiger charge is -2.20. The molecule has 0 unspecified atom stereocenters. The first-order chi connectivity index (χ1) is 13.1. The Balaban J connectivity index is 1.83. The van der Waals surface area contributed by atoms with Gasteiger partial charge in [-0.05, 0) is 38.3 Å². The molecule has 1 fully saturated rings. The van der Waals surface area contributed by atoms with Crippen LogP contribution in [0.1, 0.15) is 50.2 Å². The molecular formula is C20H28FN5O. The minimum atomic E-state index is -0.423. The molecule has 0 atom stereocenters. The van der Waals surface area contributed by atoms with Gasteiger partial charge in [-0.25, -0.2) is 9.38 Å². The second-order valence-corrected chi connectivity index (χ2v) is 6.58. The van der Waals surface area contributed by atoms with Crippen LogP contribution in [-0.2, 0) is 11.3 Å². The first-order valence-electron chi connectivity index (χ1n) is 9.62. The van der Waals surface area contributed by atoms with Crippen molar-refractivity contribution in [3.63, 3.8) is 0 Å². The van der Waals surface area contributed by atoms with Crippen molar-refractivity contribution in [2.45, 2.75) is 45.6 Å². The molecule has 27 heavy (non-hydrogen) atoms. The zero-order chi connectivity index (χ0) is 19.5. The third-order valence-electron chi connectivity index (χ3n) is 4.50. The van der Waals surface area contributed by atoms with Crippen LogP contribution in [0.25, 0.3) is 0 Å². The highest BCUT2D eigenvalue weighted by Gasteiger charge is 2.15. The van der Waals surface area contributed by atoms with Gasteiger partial charge in [-0.1, -0.05) is 12.5 Å². The third-order valence-corrected chi connectivity index (χ3v) is 4.50. The number of guanidine groups is 1. The summed E-state index contributed by atoms with van der Waals surface area (Å²) in [5.74, 6) is 0.446. The first-order valence-corrected chi connectivity index (χ1v) is 9.62. The minimum absolute atomic E-state index is 0.192. The van der Waals surface area contributed by atoms with Crippen molar-refractivity contribution in [2.24, 2.45) is 4.99 Å². The SMILES string of the molecule is CCNC(=NCc1ccc(C#N)cc1F)NCCCN1CCCCCC1=O. The average Bonchev–Trinajstić information content (AvgIpc) is 2.88. The predicted molar refractivity (Wildman–Crippen MR) is 104 cm³/mol. The summed E-state index contributed by atoms with van der Waals surface area (Å²) in [4.78, 5) is 18.4. The number of nitriles is 1. The van der Waals surface area contributed by atoms with Crippen LogP contribution >= 0.6 is 0 Å². The monoisotopic (exact) mass is 373 g/mol. The zero-order valence-electron chi connectivity index (χ0n) is 15.9. The van der Waals surface area contributed by atoms with Gasteiger partial charge >= 0.3 is 0 Å². The van der Waals surface area contributed by atoms with E-state index in [1.54, 1.807) is 12.1 Å². The number of amides is 1. The maximum Gasteiger partial charge on any atom is 0.222 e. The molecule has 0 aliphatic carbocycles. The minimum Gasteiger partial charge on any atom is -0.357 e. The van der Waals surface area contributed by atoms with E-state index >= 15 is 0 Å². The van der Waals surface area contributed by atoms with Crippen molar-refractivity contribution >= 4 is 11.9 Å². The summed E-state index contributed by atoms with van der Waals surface area (Å²) in [6, 6.07) is 6.32. The standard InChI is InChI=1S/C20H28FN5O/c1-2-23-20(25-15-17-9-8-16(14-22)13-18(17)21)24-10-6-12-26-11-5-3-4-7-19(26)27/h8-9,13H,2-7,10-12,15H2,1H3,(H2,23,24,25). The Morgan fingerprint density at radius 1 is 1.33 bits per heavy atom. The molecule has 1 saturated heterocycles. The number of rotatable bonds is 7. The normalized spacial score (nSPS) is 15.2. The number of nitrogens with zero attached hydrogens (tertiary/aromatic N) is 3. The third kappa shape index (κ3) is 6.89. The van der Waals surface area contributed by atoms with Crippen LogP contribution in [0.4, 0.5) is 4.39 Å². The van der Waals surface area contributed by atoms with Crippen LogP contribution in [-0.4, -0.2) is 42.9 Å². The molecule has 0 spiro atoms. The molecule has 2 N–H and O–H groups in total. The van der Waals surface area contributed by atoms with E-state index in [1.165, 1.54) is 6.07 Å². The Kier molecular flexibility index (Phi) is 8.56. The van der Waals surface area contributed by atoms with Gasteiger partial charge in [0.15, 0.2) is 5.96 Å². The van der Waals surface area contributed by atoms with Gasteiger partial charge in [-0.15, -0.1) is 0 Å². The molecule has 0 bridgehead atoms. The number of carbonyl (C=O) groups is 1. The van der Waals surface area contributed by atoms with E-state index in [1.807, 2.05) is 17.9 Å². The number of carbonyl (C=O) groups excluding carboxylic acids is 1. The maximum absolute atomic E-state index is 14.0. The highest BCUT2D eigenvalue weighted by Crippen LogP contribution is 2.12. The summed E-state index contributed by atoms with van der Waals surface area (Å²) in [5.41, 5.74) is 0.745. The largest absolute Gasteiger partial charge is 0.357 e. The molecule has 0 aromatic heterocycles. The van der Waals surface area contributed by atoms with E-state index in [0.717, 1.165) is 38.8 Å². The molecule has 1 aliphatic heterocycles. The number of likely N-dealkylation sites (tertiary alicyclic amines) is 1. The van der Waals surface area contributed by atoms with E-state index in [0.29, 0.717) is 36.6 Å². The Labute approximate surface area is 160 Å². The Morgan fingerprint density at radius 2 is 2.19 bits per heavy atom. The van der Waals surface area contributed by atoms with Crippen molar-refractivity contribution in [3.8, 4) is 6.07 Å². The molecule has 0 radical (unpaired) electrons. The predicted octanol–water partition coefficient (Wildman–Crippen LogP) is 2.55. The molecule has 1 aromatic rings. The Bertz CT molecular complexity index is 698.